The summed E-state index contributed by atoms with van der Waals surface area (Å²) in [5.74, 6) is 0.0938. The highest BCUT2D eigenvalue weighted by Gasteiger charge is 2.28. The Morgan fingerprint density at radius 2 is 2.10 bits per heavy atom. The monoisotopic (exact) mass is 296 g/mol. The molecule has 1 fully saturated rings. The molecule has 1 amide bonds. The Morgan fingerprint density at radius 1 is 1.40 bits per heavy atom. The first-order valence-corrected chi connectivity index (χ1v) is 8.20. The second kappa shape index (κ2) is 7.13. The first kappa shape index (κ1) is 15.4. The molecule has 1 N–H and O–H groups in total. The largest absolute Gasteiger partial charge is 0.338 e. The maximum absolute atomic E-state index is 12.6. The normalized spacial score (nSPS) is 22.8. The van der Waals surface area contributed by atoms with Crippen molar-refractivity contribution in [3.05, 3.63) is 10.6 Å². The van der Waals surface area contributed by atoms with E-state index >= 15 is 0 Å². The van der Waals surface area contributed by atoms with Crippen LogP contribution in [0.15, 0.2) is 0 Å². The minimum absolute atomic E-state index is 0.0938. The van der Waals surface area contributed by atoms with Gasteiger partial charge in [-0.3, -0.25) is 4.79 Å². The quantitative estimate of drug-likeness (QED) is 0.904. The molecule has 1 aromatic heterocycles. The van der Waals surface area contributed by atoms with Crippen LogP contribution in [0.5, 0.6) is 0 Å². The molecule has 0 unspecified atom stereocenters. The van der Waals surface area contributed by atoms with Crippen molar-refractivity contribution in [2.45, 2.75) is 57.5 Å². The molecule has 1 aliphatic rings. The zero-order valence-corrected chi connectivity index (χ0v) is 13.4. The smallest absolute Gasteiger partial charge is 0.267 e. The van der Waals surface area contributed by atoms with E-state index in [0.717, 1.165) is 49.1 Å². The molecule has 0 bridgehead atoms. The van der Waals surface area contributed by atoms with Gasteiger partial charge in [-0.15, -0.1) is 5.10 Å². The zero-order valence-electron chi connectivity index (χ0n) is 12.6. The van der Waals surface area contributed by atoms with Crippen LogP contribution in [0, 0.1) is 0 Å². The van der Waals surface area contributed by atoms with Gasteiger partial charge < -0.3 is 10.2 Å². The maximum atomic E-state index is 12.6. The number of amides is 1. The van der Waals surface area contributed by atoms with E-state index in [1.165, 1.54) is 11.5 Å². The average Bonchev–Trinajstić information content (AvgIpc) is 2.94. The molecule has 1 heterocycles. The Balaban J connectivity index is 2.00. The van der Waals surface area contributed by atoms with Crippen molar-refractivity contribution in [3.8, 4) is 0 Å². The van der Waals surface area contributed by atoms with E-state index in [1.54, 1.807) is 0 Å². The molecule has 112 valence electrons. The van der Waals surface area contributed by atoms with Crippen molar-refractivity contribution in [1.29, 1.82) is 0 Å². The lowest BCUT2D eigenvalue weighted by Crippen LogP contribution is -2.42. The van der Waals surface area contributed by atoms with Crippen LogP contribution >= 0.6 is 11.5 Å². The Hall–Kier alpha value is -1.01. The third-order valence-corrected chi connectivity index (χ3v) is 4.97. The molecule has 5 nitrogen and oxygen atoms in total. The topological polar surface area (TPSA) is 58.1 Å². The minimum Gasteiger partial charge on any atom is -0.338 e. The van der Waals surface area contributed by atoms with E-state index < -0.39 is 0 Å². The lowest BCUT2D eigenvalue weighted by atomic mass is 9.90. The Morgan fingerprint density at radius 3 is 2.70 bits per heavy atom. The lowest BCUT2D eigenvalue weighted by molar-refractivity contribution is 0.0689. The van der Waals surface area contributed by atoms with Crippen LogP contribution in [0.25, 0.3) is 0 Å². The van der Waals surface area contributed by atoms with Crippen molar-refractivity contribution in [2.24, 2.45) is 0 Å². The third-order valence-electron chi connectivity index (χ3n) is 4.21. The van der Waals surface area contributed by atoms with Gasteiger partial charge in [0.1, 0.15) is 4.88 Å². The van der Waals surface area contributed by atoms with Gasteiger partial charge in [0.15, 0.2) is 0 Å². The second-order valence-corrected chi connectivity index (χ2v) is 6.26. The molecule has 0 spiro atoms. The van der Waals surface area contributed by atoms with Gasteiger partial charge in [0, 0.05) is 19.1 Å². The molecular weight excluding hydrogens is 272 g/mol. The van der Waals surface area contributed by atoms with Gasteiger partial charge in [0.05, 0.1) is 5.69 Å². The summed E-state index contributed by atoms with van der Waals surface area (Å²) in [6, 6.07) is 0.958. The molecule has 2 rings (SSSR count). The summed E-state index contributed by atoms with van der Waals surface area (Å²) in [7, 11) is 3.93. The SMILES string of the molecule is CCCc1nnsc1C(=O)N(C)C1CCC(NC)CC1. The van der Waals surface area contributed by atoms with E-state index in [0.29, 0.717) is 12.1 Å². The first-order valence-electron chi connectivity index (χ1n) is 7.43. The summed E-state index contributed by atoms with van der Waals surface area (Å²) in [5.41, 5.74) is 0.860. The molecular formula is C14H24N4OS. The fourth-order valence-corrected chi connectivity index (χ4v) is 3.54. The molecule has 0 aliphatic heterocycles. The van der Waals surface area contributed by atoms with Crippen molar-refractivity contribution in [1.82, 2.24) is 19.8 Å². The average molecular weight is 296 g/mol. The van der Waals surface area contributed by atoms with Crippen molar-refractivity contribution < 1.29 is 4.79 Å². The second-order valence-electron chi connectivity index (χ2n) is 5.51. The fraction of sp³-hybridized carbons (Fsp3) is 0.786. The van der Waals surface area contributed by atoms with Crippen LogP contribution in [-0.4, -0.2) is 46.6 Å². The molecule has 0 saturated heterocycles. The van der Waals surface area contributed by atoms with Gasteiger partial charge in [-0.2, -0.15) is 0 Å². The standard InChI is InChI=1S/C14H24N4OS/c1-4-5-12-13(20-17-16-12)14(19)18(3)11-8-6-10(15-2)7-9-11/h10-11,15H,4-9H2,1-3H3. The summed E-state index contributed by atoms with van der Waals surface area (Å²) in [5, 5.41) is 7.42. The van der Waals surface area contributed by atoms with Crippen LogP contribution in [0.4, 0.5) is 0 Å². The number of hydrogen-bond acceptors (Lipinski definition) is 5. The third kappa shape index (κ3) is 3.35. The predicted octanol–water partition coefficient (Wildman–Crippen LogP) is 2.09. The highest BCUT2D eigenvalue weighted by molar-refractivity contribution is 7.08. The summed E-state index contributed by atoms with van der Waals surface area (Å²) in [6.07, 6.45) is 6.25. The summed E-state index contributed by atoms with van der Waals surface area (Å²) < 4.78 is 3.95. The number of nitrogens with one attached hydrogen (secondary N) is 1. The Kier molecular flexibility index (Phi) is 5.48. The lowest BCUT2D eigenvalue weighted by Gasteiger charge is -2.34. The molecule has 1 saturated carbocycles. The van der Waals surface area contributed by atoms with E-state index in [-0.39, 0.29) is 5.91 Å². The number of hydrogen-bond donors (Lipinski definition) is 1. The number of rotatable bonds is 5. The van der Waals surface area contributed by atoms with Crippen molar-refractivity contribution in [2.75, 3.05) is 14.1 Å². The fourth-order valence-electron chi connectivity index (χ4n) is 2.85. The van der Waals surface area contributed by atoms with Gasteiger partial charge in [-0.1, -0.05) is 17.8 Å². The number of aryl methyl sites for hydroxylation is 1. The van der Waals surface area contributed by atoms with E-state index in [1.807, 2.05) is 19.0 Å². The van der Waals surface area contributed by atoms with Gasteiger partial charge >= 0.3 is 0 Å². The van der Waals surface area contributed by atoms with E-state index in [4.69, 9.17) is 0 Å². The first-order chi connectivity index (χ1) is 9.67. The molecule has 6 heteroatoms. The highest BCUT2D eigenvalue weighted by Crippen LogP contribution is 2.24. The number of carbonyl (C=O) groups excluding carboxylic acids is 1. The Labute approximate surface area is 124 Å². The highest BCUT2D eigenvalue weighted by atomic mass is 32.1. The summed E-state index contributed by atoms with van der Waals surface area (Å²) >= 11 is 1.23. The summed E-state index contributed by atoms with van der Waals surface area (Å²) in [6.45, 7) is 2.09. The number of aromatic nitrogens is 2. The summed E-state index contributed by atoms with van der Waals surface area (Å²) in [4.78, 5) is 15.2. The molecule has 0 atom stereocenters. The molecule has 1 aliphatic carbocycles. The van der Waals surface area contributed by atoms with Crippen molar-refractivity contribution in [3.63, 3.8) is 0 Å². The minimum atomic E-state index is 0.0938. The van der Waals surface area contributed by atoms with Crippen molar-refractivity contribution >= 4 is 17.4 Å². The van der Waals surface area contributed by atoms with E-state index in [9.17, 15) is 4.79 Å². The Bertz CT molecular complexity index is 440. The van der Waals surface area contributed by atoms with Crippen LogP contribution in [0.1, 0.15) is 54.4 Å². The zero-order chi connectivity index (χ0) is 14.5. The van der Waals surface area contributed by atoms with Crippen LogP contribution < -0.4 is 5.32 Å². The van der Waals surface area contributed by atoms with Crippen LogP contribution in [0.2, 0.25) is 0 Å². The molecule has 20 heavy (non-hydrogen) atoms. The maximum Gasteiger partial charge on any atom is 0.267 e. The molecule has 0 aromatic carbocycles. The van der Waals surface area contributed by atoms with Gasteiger partial charge in [0.2, 0.25) is 0 Å². The van der Waals surface area contributed by atoms with Gasteiger partial charge in [0.25, 0.3) is 5.91 Å². The molecule has 1 aromatic rings. The van der Waals surface area contributed by atoms with E-state index in [2.05, 4.69) is 21.8 Å². The van der Waals surface area contributed by atoms with Gasteiger partial charge in [-0.05, 0) is 50.7 Å². The number of carbonyl (C=O) groups is 1. The van der Waals surface area contributed by atoms with Crippen LogP contribution in [0.3, 0.4) is 0 Å². The van der Waals surface area contributed by atoms with Gasteiger partial charge in [-0.25, -0.2) is 0 Å². The van der Waals surface area contributed by atoms with Crippen LogP contribution in [-0.2, 0) is 6.42 Å². The predicted molar refractivity (Wildman–Crippen MR) is 81.1 cm³/mol. The number of nitrogens with zero attached hydrogens (tertiary/aromatic N) is 3. The molecule has 0 radical (unpaired) electrons.